The fourth-order valence-corrected chi connectivity index (χ4v) is 4.12. The van der Waals surface area contributed by atoms with Crippen LogP contribution >= 0.6 is 0 Å². The summed E-state index contributed by atoms with van der Waals surface area (Å²) in [5.74, 6) is 0.293. The Bertz CT molecular complexity index is 1400. The lowest BCUT2D eigenvalue weighted by Gasteiger charge is -2.27. The Morgan fingerprint density at radius 3 is 2.62 bits per heavy atom. The Labute approximate surface area is 193 Å². The molecule has 0 aliphatic carbocycles. The van der Waals surface area contributed by atoms with E-state index in [-0.39, 0.29) is 11.9 Å². The molecule has 9 nitrogen and oxygen atoms in total. The second kappa shape index (κ2) is 8.41. The van der Waals surface area contributed by atoms with E-state index in [2.05, 4.69) is 30.2 Å². The number of para-hydroxylation sites is 2. The molecule has 0 saturated carbocycles. The number of hydrogen-bond donors (Lipinski definition) is 1. The highest BCUT2D eigenvalue weighted by Gasteiger charge is 2.24. The second-order valence-electron chi connectivity index (χ2n) is 7.96. The zero-order valence-electron chi connectivity index (χ0n) is 18.0. The highest BCUT2D eigenvalue weighted by atomic mass is 19.3. The number of aliphatic imine (C=N–C) groups is 1. The fourth-order valence-electron chi connectivity index (χ4n) is 4.12. The molecule has 11 heteroatoms. The molecule has 2 aliphatic heterocycles. The third-order valence-corrected chi connectivity index (χ3v) is 5.78. The minimum absolute atomic E-state index is 0.0747. The average Bonchev–Trinajstić information content (AvgIpc) is 3.49. The summed E-state index contributed by atoms with van der Waals surface area (Å²) in [4.78, 5) is 24.0. The molecule has 34 heavy (non-hydrogen) atoms. The minimum Gasteiger partial charge on any atom is -0.378 e. The van der Waals surface area contributed by atoms with Crippen LogP contribution in [0.1, 0.15) is 23.4 Å². The Morgan fingerprint density at radius 2 is 1.76 bits per heavy atom. The molecule has 4 heterocycles. The lowest BCUT2D eigenvalue weighted by Crippen LogP contribution is -2.37. The number of anilines is 3. The molecule has 2 aromatic carbocycles. The van der Waals surface area contributed by atoms with Crippen molar-refractivity contribution >= 4 is 34.8 Å². The number of nitrogens with one attached hydrogen (secondary N) is 1. The maximum absolute atomic E-state index is 14.0. The maximum atomic E-state index is 14.0. The van der Waals surface area contributed by atoms with Crippen molar-refractivity contribution in [3.63, 3.8) is 0 Å². The van der Waals surface area contributed by atoms with Gasteiger partial charge in [0.2, 0.25) is 17.8 Å². The van der Waals surface area contributed by atoms with Crippen molar-refractivity contribution in [2.24, 2.45) is 4.99 Å². The van der Waals surface area contributed by atoms with Gasteiger partial charge in [0, 0.05) is 25.0 Å². The molecule has 0 unspecified atom stereocenters. The highest BCUT2D eigenvalue weighted by Crippen LogP contribution is 2.28. The molecule has 1 N–H and O–H groups in total. The van der Waals surface area contributed by atoms with Gasteiger partial charge in [-0.1, -0.05) is 18.2 Å². The van der Waals surface area contributed by atoms with Crippen LogP contribution in [0, 0.1) is 0 Å². The van der Waals surface area contributed by atoms with Crippen molar-refractivity contribution in [1.82, 2.24) is 24.5 Å². The first-order valence-electron chi connectivity index (χ1n) is 10.9. The van der Waals surface area contributed by atoms with Gasteiger partial charge in [-0.2, -0.15) is 15.0 Å². The van der Waals surface area contributed by atoms with E-state index in [0.717, 1.165) is 16.8 Å². The van der Waals surface area contributed by atoms with Crippen LogP contribution in [-0.4, -0.2) is 57.0 Å². The van der Waals surface area contributed by atoms with E-state index < -0.39 is 12.2 Å². The van der Waals surface area contributed by atoms with E-state index >= 15 is 0 Å². The summed E-state index contributed by atoms with van der Waals surface area (Å²) in [6.07, 6.45) is -0.978. The van der Waals surface area contributed by atoms with Crippen molar-refractivity contribution in [2.75, 3.05) is 36.5 Å². The van der Waals surface area contributed by atoms with Gasteiger partial charge in [0.25, 0.3) is 6.43 Å². The topological polar surface area (TPSA) is 93.4 Å². The van der Waals surface area contributed by atoms with Gasteiger partial charge >= 0.3 is 0 Å². The number of aromatic nitrogens is 5. The SMILES string of the molecule is FC(F)c1nc2ccccc2n1-c1nc(Nc2ccc3c(c2)C=NC3)nc(N2CCOCC2)n1. The lowest BCUT2D eigenvalue weighted by molar-refractivity contribution is 0.122. The summed E-state index contributed by atoms with van der Waals surface area (Å²) in [5.41, 5.74) is 3.87. The minimum atomic E-state index is -2.80. The highest BCUT2D eigenvalue weighted by molar-refractivity contribution is 5.86. The predicted molar refractivity (Wildman–Crippen MR) is 123 cm³/mol. The Hall–Kier alpha value is -3.99. The zero-order chi connectivity index (χ0) is 23.1. The number of ether oxygens (including phenoxy) is 1. The number of morpholine rings is 1. The van der Waals surface area contributed by atoms with Gasteiger partial charge in [-0.05, 0) is 35.4 Å². The van der Waals surface area contributed by atoms with Gasteiger partial charge in [0.1, 0.15) is 0 Å². The molecule has 6 rings (SSSR count). The van der Waals surface area contributed by atoms with E-state index in [0.29, 0.717) is 49.8 Å². The van der Waals surface area contributed by atoms with Crippen LogP contribution in [0.25, 0.3) is 17.0 Å². The maximum Gasteiger partial charge on any atom is 0.296 e. The Kier molecular flexibility index (Phi) is 5.10. The first kappa shape index (κ1) is 20.6. The number of nitrogens with zero attached hydrogens (tertiary/aromatic N) is 7. The summed E-state index contributed by atoms with van der Waals surface area (Å²) < 4.78 is 34.7. The van der Waals surface area contributed by atoms with Gasteiger partial charge in [-0.25, -0.2) is 13.8 Å². The summed E-state index contributed by atoms with van der Waals surface area (Å²) >= 11 is 0. The number of benzene rings is 2. The van der Waals surface area contributed by atoms with Crippen LogP contribution in [0.2, 0.25) is 0 Å². The van der Waals surface area contributed by atoms with Crippen molar-refractivity contribution in [3.05, 3.63) is 59.4 Å². The van der Waals surface area contributed by atoms with Crippen LogP contribution in [-0.2, 0) is 11.3 Å². The summed E-state index contributed by atoms with van der Waals surface area (Å²) in [6.45, 7) is 2.90. The molecule has 2 aliphatic rings. The molecule has 1 saturated heterocycles. The third kappa shape index (κ3) is 3.73. The van der Waals surface area contributed by atoms with Crippen LogP contribution < -0.4 is 10.2 Å². The lowest BCUT2D eigenvalue weighted by atomic mass is 10.1. The van der Waals surface area contributed by atoms with Crippen LogP contribution in [0.15, 0.2) is 47.5 Å². The summed E-state index contributed by atoms with van der Waals surface area (Å²) in [7, 11) is 0. The average molecular weight is 462 g/mol. The standard InChI is InChI=1S/C23H20F2N8O/c24-19(25)20-28-17-3-1-2-4-18(17)33(20)23-30-21(29-22(31-23)32-7-9-34-10-8-32)27-16-6-5-14-12-26-13-15(14)11-16/h1-6,11,13,19H,7-10,12H2,(H,27,29,30,31). The normalized spacial score (nSPS) is 15.3. The zero-order valence-corrected chi connectivity index (χ0v) is 18.0. The van der Waals surface area contributed by atoms with Crippen molar-refractivity contribution in [3.8, 4) is 5.95 Å². The second-order valence-corrected chi connectivity index (χ2v) is 7.96. The molecular weight excluding hydrogens is 442 g/mol. The van der Waals surface area contributed by atoms with Gasteiger partial charge in [0.05, 0.1) is 30.8 Å². The van der Waals surface area contributed by atoms with Gasteiger partial charge in [-0.15, -0.1) is 0 Å². The van der Waals surface area contributed by atoms with E-state index in [1.807, 2.05) is 29.3 Å². The van der Waals surface area contributed by atoms with Gasteiger partial charge in [-0.3, -0.25) is 9.56 Å². The number of fused-ring (bicyclic) bond motifs is 2. The molecular formula is C23H20F2N8O. The molecule has 0 amide bonds. The van der Waals surface area contributed by atoms with Gasteiger partial charge < -0.3 is 15.0 Å². The molecule has 4 aromatic rings. The monoisotopic (exact) mass is 462 g/mol. The molecule has 0 spiro atoms. The van der Waals surface area contributed by atoms with Crippen molar-refractivity contribution in [2.45, 2.75) is 13.0 Å². The van der Waals surface area contributed by atoms with Crippen LogP contribution in [0.3, 0.4) is 0 Å². The van der Waals surface area contributed by atoms with E-state index in [1.54, 1.807) is 24.3 Å². The molecule has 172 valence electrons. The smallest absolute Gasteiger partial charge is 0.296 e. The van der Waals surface area contributed by atoms with E-state index in [4.69, 9.17) is 4.74 Å². The number of hydrogen-bond acceptors (Lipinski definition) is 8. The van der Waals surface area contributed by atoms with Crippen molar-refractivity contribution in [1.29, 1.82) is 0 Å². The molecule has 0 radical (unpaired) electrons. The van der Waals surface area contributed by atoms with Crippen LogP contribution in [0.5, 0.6) is 0 Å². The third-order valence-electron chi connectivity index (χ3n) is 5.78. The predicted octanol–water partition coefficient (Wildman–Crippen LogP) is 3.66. The summed E-state index contributed by atoms with van der Waals surface area (Å²) in [6, 6.07) is 12.8. The molecule has 2 aromatic heterocycles. The van der Waals surface area contributed by atoms with Crippen LogP contribution in [0.4, 0.5) is 26.4 Å². The van der Waals surface area contributed by atoms with E-state index in [9.17, 15) is 8.78 Å². The molecule has 0 bridgehead atoms. The number of imidazole rings is 1. The largest absolute Gasteiger partial charge is 0.378 e. The quantitative estimate of drug-likeness (QED) is 0.484. The first-order valence-corrected chi connectivity index (χ1v) is 10.9. The first-order chi connectivity index (χ1) is 16.7. The Balaban J connectivity index is 1.48. The summed E-state index contributed by atoms with van der Waals surface area (Å²) in [5, 5.41) is 3.21. The molecule has 1 fully saturated rings. The number of alkyl halides is 2. The Morgan fingerprint density at radius 1 is 0.941 bits per heavy atom. The van der Waals surface area contributed by atoms with E-state index in [1.165, 1.54) is 4.57 Å². The van der Waals surface area contributed by atoms with Crippen molar-refractivity contribution < 1.29 is 13.5 Å². The van der Waals surface area contributed by atoms with Gasteiger partial charge in [0.15, 0.2) is 5.82 Å². The number of rotatable bonds is 5. The fraction of sp³-hybridized carbons (Fsp3) is 0.261. The number of halogens is 2. The molecule has 0 atom stereocenters.